The molecule has 3 heterocycles. The summed E-state index contributed by atoms with van der Waals surface area (Å²) in [6.45, 7) is 2.32. The van der Waals surface area contributed by atoms with E-state index in [4.69, 9.17) is 4.74 Å². The average Bonchev–Trinajstić information content (AvgIpc) is 2.85. The van der Waals surface area contributed by atoms with E-state index in [1.54, 1.807) is 12.3 Å². The van der Waals surface area contributed by atoms with Gasteiger partial charge >= 0.3 is 0 Å². The van der Waals surface area contributed by atoms with Crippen LogP contribution >= 0.6 is 0 Å². The maximum absolute atomic E-state index is 12.7. The van der Waals surface area contributed by atoms with E-state index in [2.05, 4.69) is 26.3 Å². The summed E-state index contributed by atoms with van der Waals surface area (Å²) in [6.07, 6.45) is 3.34. The number of imidazole rings is 1. The number of nitrogens with zero attached hydrogens (tertiary/aromatic N) is 2. The van der Waals surface area contributed by atoms with Gasteiger partial charge in [0.25, 0.3) is 5.91 Å². The van der Waals surface area contributed by atoms with E-state index in [1.165, 1.54) is 5.56 Å². The number of amides is 1. The van der Waals surface area contributed by atoms with E-state index >= 15 is 0 Å². The van der Waals surface area contributed by atoms with Crippen molar-refractivity contribution in [2.24, 2.45) is 0 Å². The molecule has 6 heteroatoms. The fourth-order valence-electron chi connectivity index (χ4n) is 3.05. The van der Waals surface area contributed by atoms with Crippen molar-refractivity contribution in [2.45, 2.75) is 25.8 Å². The third-order valence-corrected chi connectivity index (χ3v) is 4.27. The standard InChI is InChI=1S/C18H18N4O2/c1-11-20-16-14(8-9-19-17(16)21-11)18(23)22-13-7-6-12-4-2-3-5-15(12)24-10-13/h2-5,8-9,13H,6-7,10H2,1H3,(H,22,23)(H,19,20,21). The molecule has 0 aliphatic carbocycles. The minimum Gasteiger partial charge on any atom is -0.491 e. The molecular formula is C18H18N4O2. The number of nitrogens with one attached hydrogen (secondary N) is 2. The van der Waals surface area contributed by atoms with Crippen LogP contribution in [0.15, 0.2) is 36.5 Å². The van der Waals surface area contributed by atoms with Crippen molar-refractivity contribution >= 4 is 17.1 Å². The topological polar surface area (TPSA) is 79.9 Å². The van der Waals surface area contributed by atoms with E-state index in [9.17, 15) is 4.79 Å². The Kier molecular flexibility index (Phi) is 3.65. The lowest BCUT2D eigenvalue weighted by molar-refractivity contribution is 0.0923. The molecule has 1 aliphatic heterocycles. The monoisotopic (exact) mass is 322 g/mol. The quantitative estimate of drug-likeness (QED) is 0.759. The SMILES string of the molecule is Cc1nc2nccc(C(=O)NC3CCc4ccccc4OC3)c2[nH]1. The van der Waals surface area contributed by atoms with Gasteiger partial charge in [0, 0.05) is 6.20 Å². The minimum atomic E-state index is -0.134. The van der Waals surface area contributed by atoms with Crippen molar-refractivity contribution in [3.8, 4) is 5.75 Å². The van der Waals surface area contributed by atoms with Crippen molar-refractivity contribution in [1.82, 2.24) is 20.3 Å². The van der Waals surface area contributed by atoms with Crippen molar-refractivity contribution in [3.63, 3.8) is 0 Å². The highest BCUT2D eigenvalue weighted by Crippen LogP contribution is 2.23. The van der Waals surface area contributed by atoms with E-state index < -0.39 is 0 Å². The summed E-state index contributed by atoms with van der Waals surface area (Å²) in [7, 11) is 0. The number of hydrogen-bond acceptors (Lipinski definition) is 4. The van der Waals surface area contributed by atoms with Gasteiger partial charge in [0.2, 0.25) is 0 Å². The van der Waals surface area contributed by atoms with Gasteiger partial charge in [0.05, 0.1) is 17.1 Å². The predicted octanol–water partition coefficient (Wildman–Crippen LogP) is 2.39. The van der Waals surface area contributed by atoms with E-state index in [-0.39, 0.29) is 11.9 Å². The lowest BCUT2D eigenvalue weighted by Crippen LogP contribution is -2.38. The van der Waals surface area contributed by atoms with Gasteiger partial charge in [-0.2, -0.15) is 0 Å². The van der Waals surface area contributed by atoms with Crippen LogP contribution in [0, 0.1) is 6.92 Å². The number of H-pyrrole nitrogens is 1. The van der Waals surface area contributed by atoms with Gasteiger partial charge in [-0.3, -0.25) is 4.79 Å². The summed E-state index contributed by atoms with van der Waals surface area (Å²) >= 11 is 0. The van der Waals surface area contributed by atoms with Gasteiger partial charge in [-0.05, 0) is 37.5 Å². The summed E-state index contributed by atoms with van der Waals surface area (Å²) in [5.41, 5.74) is 2.97. The number of rotatable bonds is 2. The Labute approximate surface area is 139 Å². The van der Waals surface area contributed by atoms with Crippen LogP contribution in [0.4, 0.5) is 0 Å². The van der Waals surface area contributed by atoms with Gasteiger partial charge in [-0.1, -0.05) is 18.2 Å². The zero-order valence-corrected chi connectivity index (χ0v) is 13.4. The molecule has 24 heavy (non-hydrogen) atoms. The van der Waals surface area contributed by atoms with Crippen LogP contribution in [-0.2, 0) is 6.42 Å². The lowest BCUT2D eigenvalue weighted by atomic mass is 10.1. The number of aromatic amines is 1. The molecule has 2 N–H and O–H groups in total. The third-order valence-electron chi connectivity index (χ3n) is 4.27. The first kappa shape index (κ1) is 14.7. The number of benzene rings is 1. The van der Waals surface area contributed by atoms with Gasteiger partial charge < -0.3 is 15.0 Å². The second-order valence-electron chi connectivity index (χ2n) is 6.01. The summed E-state index contributed by atoms with van der Waals surface area (Å²) in [4.78, 5) is 24.2. The van der Waals surface area contributed by atoms with Gasteiger partial charge in [0.15, 0.2) is 5.65 Å². The highest BCUT2D eigenvalue weighted by molar-refractivity contribution is 6.04. The molecule has 0 saturated heterocycles. The zero-order chi connectivity index (χ0) is 16.5. The normalized spacial score (nSPS) is 17.0. The molecule has 0 spiro atoms. The molecule has 0 bridgehead atoms. The van der Waals surface area contributed by atoms with E-state index in [0.717, 1.165) is 24.4 Å². The van der Waals surface area contributed by atoms with Gasteiger partial charge in [0.1, 0.15) is 18.2 Å². The number of para-hydroxylation sites is 1. The van der Waals surface area contributed by atoms with E-state index in [1.807, 2.05) is 25.1 Å². The van der Waals surface area contributed by atoms with Crippen LogP contribution in [-0.4, -0.2) is 33.5 Å². The maximum Gasteiger partial charge on any atom is 0.253 e. The number of pyridine rings is 1. The highest BCUT2D eigenvalue weighted by atomic mass is 16.5. The molecule has 3 aromatic rings. The highest BCUT2D eigenvalue weighted by Gasteiger charge is 2.21. The van der Waals surface area contributed by atoms with Crippen molar-refractivity contribution < 1.29 is 9.53 Å². The van der Waals surface area contributed by atoms with Crippen molar-refractivity contribution in [1.29, 1.82) is 0 Å². The zero-order valence-electron chi connectivity index (χ0n) is 13.4. The number of carbonyl (C=O) groups excluding carboxylic acids is 1. The van der Waals surface area contributed by atoms with Gasteiger partial charge in [-0.25, -0.2) is 9.97 Å². The van der Waals surface area contributed by atoms with Gasteiger partial charge in [-0.15, -0.1) is 0 Å². The van der Waals surface area contributed by atoms with Crippen LogP contribution in [0.3, 0.4) is 0 Å². The number of aromatic nitrogens is 3. The minimum absolute atomic E-state index is 0.0304. The van der Waals surface area contributed by atoms with E-state index in [0.29, 0.717) is 23.3 Å². The Morgan fingerprint density at radius 2 is 2.21 bits per heavy atom. The number of aryl methyl sites for hydroxylation is 2. The van der Waals surface area contributed by atoms with Crippen LogP contribution in [0.25, 0.3) is 11.2 Å². The summed E-state index contributed by atoms with van der Waals surface area (Å²) in [5, 5.41) is 3.07. The third kappa shape index (κ3) is 2.71. The smallest absolute Gasteiger partial charge is 0.253 e. The average molecular weight is 322 g/mol. The number of ether oxygens (including phenoxy) is 1. The fraction of sp³-hybridized carbons (Fsp3) is 0.278. The first-order valence-electron chi connectivity index (χ1n) is 8.03. The van der Waals surface area contributed by atoms with Crippen LogP contribution in [0.5, 0.6) is 5.75 Å². The summed E-state index contributed by atoms with van der Waals surface area (Å²) in [6, 6.07) is 9.69. The molecular weight excluding hydrogens is 304 g/mol. The van der Waals surface area contributed by atoms with Crippen molar-refractivity contribution in [3.05, 3.63) is 53.5 Å². The molecule has 122 valence electrons. The van der Waals surface area contributed by atoms with Crippen LogP contribution in [0.2, 0.25) is 0 Å². The summed E-state index contributed by atoms with van der Waals surface area (Å²) < 4.78 is 5.84. The molecule has 1 unspecified atom stereocenters. The Bertz CT molecular complexity index is 876. The number of fused-ring (bicyclic) bond motifs is 2. The second-order valence-corrected chi connectivity index (χ2v) is 6.01. The molecule has 0 radical (unpaired) electrons. The maximum atomic E-state index is 12.7. The molecule has 1 aliphatic rings. The molecule has 1 aromatic carbocycles. The molecule has 2 aromatic heterocycles. The van der Waals surface area contributed by atoms with Crippen LogP contribution < -0.4 is 10.1 Å². The largest absolute Gasteiger partial charge is 0.491 e. The molecule has 1 amide bonds. The molecule has 0 fully saturated rings. The van der Waals surface area contributed by atoms with Crippen molar-refractivity contribution in [2.75, 3.05) is 6.61 Å². The van der Waals surface area contributed by atoms with Crippen LogP contribution in [0.1, 0.15) is 28.2 Å². The Morgan fingerprint density at radius 1 is 1.33 bits per heavy atom. The Morgan fingerprint density at radius 3 is 3.12 bits per heavy atom. The lowest BCUT2D eigenvalue weighted by Gasteiger charge is -2.16. The fourth-order valence-corrected chi connectivity index (χ4v) is 3.05. The molecule has 6 nitrogen and oxygen atoms in total. The molecule has 0 saturated carbocycles. The number of hydrogen-bond donors (Lipinski definition) is 2. The first-order chi connectivity index (χ1) is 11.7. The first-order valence-corrected chi connectivity index (χ1v) is 8.03. The molecule has 4 rings (SSSR count). The predicted molar refractivity (Wildman–Crippen MR) is 90.1 cm³/mol. The number of carbonyl (C=O) groups is 1. The Hall–Kier alpha value is -2.89. The second kappa shape index (κ2) is 5.96. The summed E-state index contributed by atoms with van der Waals surface area (Å²) in [5.74, 6) is 1.52. The molecule has 1 atom stereocenters. The Balaban J connectivity index is 1.52.